The Morgan fingerprint density at radius 1 is 1.25 bits per heavy atom. The van der Waals surface area contributed by atoms with Crippen molar-refractivity contribution in [2.45, 2.75) is 46.1 Å². The molecule has 0 saturated carbocycles. The van der Waals surface area contributed by atoms with E-state index in [0.717, 1.165) is 61.4 Å². The highest BCUT2D eigenvalue weighted by atomic mass is 15.3. The molecule has 7 nitrogen and oxygen atoms in total. The lowest BCUT2D eigenvalue weighted by Gasteiger charge is -2.28. The first-order valence-electron chi connectivity index (χ1n) is 8.69. The van der Waals surface area contributed by atoms with E-state index in [1.54, 1.807) is 0 Å². The monoisotopic (exact) mass is 325 g/mol. The number of fused-ring (bicyclic) bond motifs is 2. The van der Waals surface area contributed by atoms with Gasteiger partial charge in [0.2, 0.25) is 0 Å². The fourth-order valence-corrected chi connectivity index (χ4v) is 3.46. The number of aromatic nitrogens is 6. The maximum Gasteiger partial charge on any atom is 0.163 e. The van der Waals surface area contributed by atoms with Crippen molar-refractivity contribution in [3.8, 4) is 0 Å². The molecule has 1 aliphatic rings. The fraction of sp³-hybridized carbons (Fsp3) is 0.529. The molecular weight excluding hydrogens is 302 g/mol. The Hall–Kier alpha value is -2.44. The summed E-state index contributed by atoms with van der Waals surface area (Å²) in [6.07, 6.45) is 5.73. The molecule has 0 saturated heterocycles. The molecule has 0 radical (unpaired) electrons. The summed E-state index contributed by atoms with van der Waals surface area (Å²) < 4.78 is 1.84. The van der Waals surface area contributed by atoms with Crippen LogP contribution in [0.5, 0.6) is 0 Å². The molecule has 0 spiro atoms. The standard InChI is InChI=1S/C17H23N7/c1-4-6-15-19-16-11(9-18-23(16)3)17(20-15)24-8-7-14-12(10-24)13(5-2)21-22-14/h9H,4-8,10H2,1-3H3,(H,21,22). The van der Waals surface area contributed by atoms with Crippen LogP contribution in [0.15, 0.2) is 6.20 Å². The largest absolute Gasteiger partial charge is 0.351 e. The van der Waals surface area contributed by atoms with Gasteiger partial charge in [0.25, 0.3) is 0 Å². The summed E-state index contributed by atoms with van der Waals surface area (Å²) in [5, 5.41) is 13.1. The SMILES string of the molecule is CCCc1nc(N2CCc3[nH]nc(CC)c3C2)c2cnn(C)c2n1. The molecule has 4 heterocycles. The molecule has 0 amide bonds. The number of nitrogens with zero attached hydrogens (tertiary/aromatic N) is 6. The first-order valence-corrected chi connectivity index (χ1v) is 8.69. The zero-order valence-corrected chi connectivity index (χ0v) is 14.5. The van der Waals surface area contributed by atoms with E-state index in [-0.39, 0.29) is 0 Å². The van der Waals surface area contributed by atoms with Crippen molar-refractivity contribution < 1.29 is 0 Å². The second-order valence-corrected chi connectivity index (χ2v) is 6.37. The van der Waals surface area contributed by atoms with Crippen molar-refractivity contribution in [1.29, 1.82) is 0 Å². The molecule has 1 aliphatic heterocycles. The van der Waals surface area contributed by atoms with Gasteiger partial charge >= 0.3 is 0 Å². The number of aryl methyl sites for hydroxylation is 3. The van der Waals surface area contributed by atoms with Crippen LogP contribution in [0.4, 0.5) is 5.82 Å². The second kappa shape index (κ2) is 5.89. The summed E-state index contributed by atoms with van der Waals surface area (Å²) in [6, 6.07) is 0. The van der Waals surface area contributed by atoms with Crippen LogP contribution < -0.4 is 4.90 Å². The van der Waals surface area contributed by atoms with E-state index in [1.165, 1.54) is 17.0 Å². The van der Waals surface area contributed by atoms with Gasteiger partial charge in [-0.05, 0) is 12.8 Å². The highest BCUT2D eigenvalue weighted by Gasteiger charge is 2.24. The number of nitrogens with one attached hydrogen (secondary N) is 1. The van der Waals surface area contributed by atoms with E-state index in [2.05, 4.69) is 34.0 Å². The first kappa shape index (κ1) is 15.1. The Morgan fingerprint density at radius 3 is 2.92 bits per heavy atom. The van der Waals surface area contributed by atoms with Gasteiger partial charge in [-0.2, -0.15) is 10.2 Å². The summed E-state index contributed by atoms with van der Waals surface area (Å²) in [5.41, 5.74) is 4.68. The predicted molar refractivity (Wildman–Crippen MR) is 93.0 cm³/mol. The summed E-state index contributed by atoms with van der Waals surface area (Å²) in [5.74, 6) is 1.91. The third kappa shape index (κ3) is 2.35. The van der Waals surface area contributed by atoms with Gasteiger partial charge in [-0.1, -0.05) is 13.8 Å². The molecule has 1 N–H and O–H groups in total. The van der Waals surface area contributed by atoms with Gasteiger partial charge in [0.1, 0.15) is 11.6 Å². The number of anilines is 1. The summed E-state index contributed by atoms with van der Waals surface area (Å²) in [4.78, 5) is 11.9. The molecule has 0 aromatic carbocycles. The van der Waals surface area contributed by atoms with Crippen molar-refractivity contribution >= 4 is 16.9 Å². The van der Waals surface area contributed by atoms with Crippen molar-refractivity contribution in [3.05, 3.63) is 29.0 Å². The van der Waals surface area contributed by atoms with Crippen molar-refractivity contribution in [2.75, 3.05) is 11.4 Å². The lowest BCUT2D eigenvalue weighted by Crippen LogP contribution is -2.31. The van der Waals surface area contributed by atoms with Crippen molar-refractivity contribution in [2.24, 2.45) is 7.05 Å². The Balaban J connectivity index is 1.78. The van der Waals surface area contributed by atoms with Crippen LogP contribution in [-0.4, -0.2) is 36.5 Å². The van der Waals surface area contributed by atoms with E-state index in [9.17, 15) is 0 Å². The Kier molecular flexibility index (Phi) is 3.70. The maximum absolute atomic E-state index is 4.87. The number of H-pyrrole nitrogens is 1. The molecule has 3 aromatic rings. The number of rotatable bonds is 4. The van der Waals surface area contributed by atoms with E-state index >= 15 is 0 Å². The van der Waals surface area contributed by atoms with E-state index < -0.39 is 0 Å². The lowest BCUT2D eigenvalue weighted by atomic mass is 10.0. The van der Waals surface area contributed by atoms with Gasteiger partial charge < -0.3 is 4.90 Å². The van der Waals surface area contributed by atoms with Gasteiger partial charge in [-0.15, -0.1) is 0 Å². The molecule has 4 rings (SSSR count). The van der Waals surface area contributed by atoms with Gasteiger partial charge in [-0.3, -0.25) is 9.78 Å². The molecule has 0 atom stereocenters. The lowest BCUT2D eigenvalue weighted by molar-refractivity contribution is 0.703. The summed E-state index contributed by atoms with van der Waals surface area (Å²) in [6.45, 7) is 6.09. The van der Waals surface area contributed by atoms with E-state index in [4.69, 9.17) is 9.97 Å². The van der Waals surface area contributed by atoms with Gasteiger partial charge in [0, 0.05) is 44.2 Å². The Bertz CT molecular complexity index is 863. The van der Waals surface area contributed by atoms with E-state index in [1.807, 2.05) is 17.9 Å². The normalized spacial score (nSPS) is 14.4. The number of hydrogen-bond acceptors (Lipinski definition) is 5. The molecule has 7 heteroatoms. The zero-order valence-electron chi connectivity index (χ0n) is 14.5. The van der Waals surface area contributed by atoms with Crippen LogP contribution in [0.2, 0.25) is 0 Å². The number of aromatic amines is 1. The third-order valence-corrected chi connectivity index (χ3v) is 4.75. The maximum atomic E-state index is 4.87. The van der Waals surface area contributed by atoms with Gasteiger partial charge in [-0.25, -0.2) is 9.97 Å². The summed E-state index contributed by atoms with van der Waals surface area (Å²) in [7, 11) is 1.94. The minimum atomic E-state index is 0.849. The average Bonchev–Trinajstić information content (AvgIpc) is 3.18. The number of hydrogen-bond donors (Lipinski definition) is 1. The molecule has 24 heavy (non-hydrogen) atoms. The van der Waals surface area contributed by atoms with Gasteiger partial charge in [0.05, 0.1) is 17.3 Å². The molecule has 0 aliphatic carbocycles. The van der Waals surface area contributed by atoms with Crippen LogP contribution in [0.1, 0.15) is 43.0 Å². The molecule has 0 fully saturated rings. The minimum Gasteiger partial charge on any atom is -0.351 e. The smallest absolute Gasteiger partial charge is 0.163 e. The average molecular weight is 325 g/mol. The van der Waals surface area contributed by atoms with Crippen LogP contribution in [0, 0.1) is 0 Å². The van der Waals surface area contributed by atoms with Crippen LogP contribution in [0.25, 0.3) is 11.0 Å². The highest BCUT2D eigenvalue weighted by Crippen LogP contribution is 2.29. The Labute approximate surface area is 141 Å². The molecular formula is C17H23N7. The topological polar surface area (TPSA) is 75.5 Å². The minimum absolute atomic E-state index is 0.849. The van der Waals surface area contributed by atoms with Crippen LogP contribution in [-0.2, 0) is 32.9 Å². The molecule has 126 valence electrons. The third-order valence-electron chi connectivity index (χ3n) is 4.75. The van der Waals surface area contributed by atoms with E-state index in [0.29, 0.717) is 0 Å². The molecule has 3 aromatic heterocycles. The highest BCUT2D eigenvalue weighted by molar-refractivity contribution is 5.87. The second-order valence-electron chi connectivity index (χ2n) is 6.37. The summed E-state index contributed by atoms with van der Waals surface area (Å²) >= 11 is 0. The molecule has 0 bridgehead atoms. The zero-order chi connectivity index (χ0) is 16.7. The fourth-order valence-electron chi connectivity index (χ4n) is 3.46. The first-order chi connectivity index (χ1) is 11.7. The van der Waals surface area contributed by atoms with Crippen molar-refractivity contribution in [1.82, 2.24) is 29.9 Å². The van der Waals surface area contributed by atoms with Gasteiger partial charge in [0.15, 0.2) is 5.65 Å². The van der Waals surface area contributed by atoms with Crippen LogP contribution >= 0.6 is 0 Å². The quantitative estimate of drug-likeness (QED) is 0.795. The predicted octanol–water partition coefficient (Wildman–Crippen LogP) is 2.16. The molecule has 0 unspecified atom stereocenters. The van der Waals surface area contributed by atoms with Crippen molar-refractivity contribution in [3.63, 3.8) is 0 Å². The van der Waals surface area contributed by atoms with Crippen LogP contribution in [0.3, 0.4) is 0 Å². The Morgan fingerprint density at radius 2 is 2.12 bits per heavy atom.